The van der Waals surface area contributed by atoms with E-state index >= 15 is 0 Å². The number of nitrogens with one attached hydrogen (secondary N) is 1. The molecule has 0 heterocycles. The molecule has 0 aromatic heterocycles. The molecule has 27 heavy (non-hydrogen) atoms. The van der Waals surface area contributed by atoms with Crippen LogP contribution in [-0.4, -0.2) is 17.0 Å². The van der Waals surface area contributed by atoms with Gasteiger partial charge in [0.1, 0.15) is 11.5 Å². The largest absolute Gasteiger partial charge is 0.478 e. The van der Waals surface area contributed by atoms with Crippen LogP contribution in [0.1, 0.15) is 33.2 Å². The predicted octanol–water partition coefficient (Wildman–Crippen LogP) is 4.99. The molecule has 0 aliphatic rings. The van der Waals surface area contributed by atoms with Crippen LogP contribution >= 0.6 is 0 Å². The molecule has 3 aromatic rings. The fourth-order valence-electron chi connectivity index (χ4n) is 2.60. The van der Waals surface area contributed by atoms with Gasteiger partial charge >= 0.3 is 5.97 Å². The number of carbonyl (C=O) groups excluding carboxylic acids is 1. The van der Waals surface area contributed by atoms with Gasteiger partial charge in [-0.05, 0) is 60.5 Å². The minimum atomic E-state index is -1.14. The summed E-state index contributed by atoms with van der Waals surface area (Å²) in [5.74, 6) is -0.238. The van der Waals surface area contributed by atoms with Gasteiger partial charge in [0.2, 0.25) is 0 Å². The van der Waals surface area contributed by atoms with Gasteiger partial charge in [0, 0.05) is 5.69 Å². The maximum Gasteiger partial charge on any atom is 0.336 e. The second kappa shape index (κ2) is 8.19. The Labute approximate surface area is 157 Å². The van der Waals surface area contributed by atoms with Gasteiger partial charge in [0.15, 0.2) is 0 Å². The number of carboxylic acid groups (broad SMARTS) is 1. The van der Waals surface area contributed by atoms with Gasteiger partial charge in [-0.25, -0.2) is 4.79 Å². The molecule has 0 saturated carbocycles. The monoisotopic (exact) mass is 361 g/mol. The third-order valence-corrected chi connectivity index (χ3v) is 4.08. The average Bonchev–Trinajstić information content (AvgIpc) is 2.70. The molecule has 0 fully saturated rings. The Hall–Kier alpha value is -3.60. The molecule has 0 aliphatic heterocycles. The molecule has 3 rings (SSSR count). The van der Waals surface area contributed by atoms with Crippen LogP contribution in [0.25, 0.3) is 0 Å². The van der Waals surface area contributed by atoms with Gasteiger partial charge in [-0.3, -0.25) is 4.79 Å². The van der Waals surface area contributed by atoms with Gasteiger partial charge in [-0.2, -0.15) is 0 Å². The lowest BCUT2D eigenvalue weighted by molar-refractivity contribution is 0.0692. The van der Waals surface area contributed by atoms with E-state index in [1.54, 1.807) is 36.4 Å². The quantitative estimate of drug-likeness (QED) is 0.648. The van der Waals surface area contributed by atoms with E-state index in [9.17, 15) is 14.7 Å². The van der Waals surface area contributed by atoms with E-state index in [-0.39, 0.29) is 11.1 Å². The van der Waals surface area contributed by atoms with Crippen LogP contribution in [0.4, 0.5) is 5.69 Å². The summed E-state index contributed by atoms with van der Waals surface area (Å²) in [6, 6.07) is 20.9. The Morgan fingerprint density at radius 1 is 0.852 bits per heavy atom. The number of aryl methyl sites for hydroxylation is 1. The summed E-state index contributed by atoms with van der Waals surface area (Å²) in [6.07, 6.45) is 0.972. The third-order valence-electron chi connectivity index (χ3n) is 4.08. The van der Waals surface area contributed by atoms with Gasteiger partial charge in [-0.1, -0.05) is 31.2 Å². The normalized spacial score (nSPS) is 10.3. The van der Waals surface area contributed by atoms with Crippen LogP contribution in [-0.2, 0) is 6.42 Å². The minimum Gasteiger partial charge on any atom is -0.478 e. The van der Waals surface area contributed by atoms with Crippen molar-refractivity contribution in [3.63, 3.8) is 0 Å². The molecule has 0 saturated heterocycles. The van der Waals surface area contributed by atoms with E-state index in [0.29, 0.717) is 11.4 Å². The Balaban J connectivity index is 1.68. The first-order valence-electron chi connectivity index (χ1n) is 8.57. The van der Waals surface area contributed by atoms with Gasteiger partial charge in [0.25, 0.3) is 5.91 Å². The zero-order chi connectivity index (χ0) is 19.2. The van der Waals surface area contributed by atoms with Crippen molar-refractivity contribution < 1.29 is 19.4 Å². The first-order chi connectivity index (χ1) is 13.1. The van der Waals surface area contributed by atoms with E-state index in [1.807, 2.05) is 24.3 Å². The summed E-state index contributed by atoms with van der Waals surface area (Å²) in [5, 5.41) is 11.9. The molecule has 2 N–H and O–H groups in total. The SMILES string of the molecule is CCc1ccc(Oc2ccc(NC(=O)c3ccccc3C(=O)O)cc2)cc1. The lowest BCUT2D eigenvalue weighted by atomic mass is 10.1. The van der Waals surface area contributed by atoms with Crippen molar-refractivity contribution in [3.8, 4) is 11.5 Å². The summed E-state index contributed by atoms with van der Waals surface area (Å²) in [7, 11) is 0. The number of carbonyl (C=O) groups is 2. The summed E-state index contributed by atoms with van der Waals surface area (Å²) in [6.45, 7) is 2.09. The number of carboxylic acids is 1. The molecule has 3 aromatic carbocycles. The van der Waals surface area contributed by atoms with Crippen molar-refractivity contribution in [1.82, 2.24) is 0 Å². The number of hydrogen-bond donors (Lipinski definition) is 2. The van der Waals surface area contributed by atoms with Crippen LogP contribution in [0, 0.1) is 0 Å². The molecule has 0 atom stereocenters. The molecule has 1 amide bonds. The van der Waals surface area contributed by atoms with Gasteiger partial charge < -0.3 is 15.2 Å². The van der Waals surface area contributed by atoms with E-state index in [2.05, 4.69) is 12.2 Å². The number of benzene rings is 3. The number of amides is 1. The highest BCUT2D eigenvalue weighted by Crippen LogP contribution is 2.24. The number of rotatable bonds is 6. The molecule has 0 unspecified atom stereocenters. The zero-order valence-corrected chi connectivity index (χ0v) is 14.8. The first-order valence-corrected chi connectivity index (χ1v) is 8.57. The standard InChI is InChI=1S/C22H19NO4/c1-2-15-7-11-17(12-8-15)27-18-13-9-16(10-14-18)23-21(24)19-5-3-4-6-20(19)22(25)26/h3-14H,2H2,1H3,(H,23,24)(H,25,26). The van der Waals surface area contributed by atoms with Crippen LogP contribution < -0.4 is 10.1 Å². The second-order valence-electron chi connectivity index (χ2n) is 5.93. The summed E-state index contributed by atoms with van der Waals surface area (Å²) in [5.41, 5.74) is 1.86. The summed E-state index contributed by atoms with van der Waals surface area (Å²) >= 11 is 0. The molecular weight excluding hydrogens is 342 g/mol. The Kier molecular flexibility index (Phi) is 5.52. The molecule has 5 heteroatoms. The van der Waals surface area contributed by atoms with Crippen molar-refractivity contribution in [1.29, 1.82) is 0 Å². The molecule has 0 bridgehead atoms. The lowest BCUT2D eigenvalue weighted by Crippen LogP contribution is -2.16. The minimum absolute atomic E-state index is 0.0366. The Morgan fingerprint density at radius 3 is 1.96 bits per heavy atom. The Bertz CT molecular complexity index is 947. The molecule has 0 radical (unpaired) electrons. The number of ether oxygens (including phenoxy) is 1. The molecule has 0 spiro atoms. The van der Waals surface area contributed by atoms with E-state index in [1.165, 1.54) is 17.7 Å². The van der Waals surface area contributed by atoms with Crippen molar-refractivity contribution in [2.75, 3.05) is 5.32 Å². The molecular formula is C22H19NO4. The average molecular weight is 361 g/mol. The van der Waals surface area contributed by atoms with Crippen LogP contribution in [0.3, 0.4) is 0 Å². The highest BCUT2D eigenvalue weighted by atomic mass is 16.5. The zero-order valence-electron chi connectivity index (χ0n) is 14.8. The molecule has 5 nitrogen and oxygen atoms in total. The summed E-state index contributed by atoms with van der Waals surface area (Å²) in [4.78, 5) is 23.6. The van der Waals surface area contributed by atoms with Crippen molar-refractivity contribution in [2.45, 2.75) is 13.3 Å². The fraction of sp³-hybridized carbons (Fsp3) is 0.0909. The van der Waals surface area contributed by atoms with Crippen LogP contribution in [0.5, 0.6) is 11.5 Å². The van der Waals surface area contributed by atoms with E-state index in [0.717, 1.165) is 12.2 Å². The van der Waals surface area contributed by atoms with Crippen LogP contribution in [0.2, 0.25) is 0 Å². The lowest BCUT2D eigenvalue weighted by Gasteiger charge is -2.10. The van der Waals surface area contributed by atoms with E-state index < -0.39 is 11.9 Å². The summed E-state index contributed by atoms with van der Waals surface area (Å²) < 4.78 is 5.78. The maximum absolute atomic E-state index is 12.4. The maximum atomic E-state index is 12.4. The number of aromatic carboxylic acids is 1. The fourth-order valence-corrected chi connectivity index (χ4v) is 2.60. The number of anilines is 1. The van der Waals surface area contributed by atoms with E-state index in [4.69, 9.17) is 4.74 Å². The highest BCUT2D eigenvalue weighted by Gasteiger charge is 2.15. The Morgan fingerprint density at radius 2 is 1.41 bits per heavy atom. The van der Waals surface area contributed by atoms with Crippen molar-refractivity contribution in [3.05, 3.63) is 89.5 Å². The highest BCUT2D eigenvalue weighted by molar-refractivity contribution is 6.10. The second-order valence-corrected chi connectivity index (χ2v) is 5.93. The topological polar surface area (TPSA) is 75.6 Å². The van der Waals surface area contributed by atoms with Crippen molar-refractivity contribution in [2.24, 2.45) is 0 Å². The molecule has 0 aliphatic carbocycles. The van der Waals surface area contributed by atoms with Crippen molar-refractivity contribution >= 4 is 17.6 Å². The number of hydrogen-bond acceptors (Lipinski definition) is 3. The smallest absolute Gasteiger partial charge is 0.336 e. The first kappa shape index (κ1) is 18.2. The van der Waals surface area contributed by atoms with Gasteiger partial charge in [-0.15, -0.1) is 0 Å². The molecule has 136 valence electrons. The predicted molar refractivity (Wildman–Crippen MR) is 104 cm³/mol. The third kappa shape index (κ3) is 4.52. The van der Waals surface area contributed by atoms with Crippen LogP contribution in [0.15, 0.2) is 72.8 Å². The van der Waals surface area contributed by atoms with Gasteiger partial charge in [0.05, 0.1) is 11.1 Å².